The highest BCUT2D eigenvalue weighted by molar-refractivity contribution is 6.31. The minimum absolute atomic E-state index is 0.00496. The molecule has 1 aliphatic carbocycles. The summed E-state index contributed by atoms with van der Waals surface area (Å²) in [6.07, 6.45) is 1.97. The number of aromatic amines is 1. The Morgan fingerprint density at radius 1 is 1.07 bits per heavy atom. The topological polar surface area (TPSA) is 56.4 Å². The van der Waals surface area contributed by atoms with E-state index in [2.05, 4.69) is 11.1 Å². The molecule has 2 atom stereocenters. The van der Waals surface area contributed by atoms with E-state index in [1.807, 2.05) is 49.4 Å². The number of halogens is 1. The molecule has 2 amide bonds. The average Bonchev–Trinajstić information content (AvgIpc) is 3.51. The molecule has 5 nitrogen and oxygen atoms in total. The predicted molar refractivity (Wildman–Crippen MR) is 115 cm³/mol. The van der Waals surface area contributed by atoms with Crippen LogP contribution in [0, 0.1) is 0 Å². The van der Waals surface area contributed by atoms with Crippen molar-refractivity contribution in [3.05, 3.63) is 70.4 Å². The summed E-state index contributed by atoms with van der Waals surface area (Å²) in [6, 6.07) is 16.1. The van der Waals surface area contributed by atoms with Crippen LogP contribution in [-0.2, 0) is 15.1 Å². The number of rotatable bonds is 2. The van der Waals surface area contributed by atoms with Crippen LogP contribution in [0.25, 0.3) is 10.9 Å². The maximum absolute atomic E-state index is 13.7. The Hall–Kier alpha value is -2.79. The molecule has 0 bridgehead atoms. The molecule has 152 valence electrons. The van der Waals surface area contributed by atoms with Crippen molar-refractivity contribution in [2.24, 2.45) is 0 Å². The molecule has 3 heterocycles. The number of hydrogen-bond acceptors (Lipinski definition) is 2. The Morgan fingerprint density at radius 3 is 2.57 bits per heavy atom. The van der Waals surface area contributed by atoms with Crippen molar-refractivity contribution in [3.8, 4) is 0 Å². The lowest BCUT2D eigenvalue weighted by molar-refractivity contribution is -0.166. The van der Waals surface area contributed by atoms with Gasteiger partial charge in [0.25, 0.3) is 5.91 Å². The van der Waals surface area contributed by atoms with Crippen molar-refractivity contribution >= 4 is 34.3 Å². The highest BCUT2D eigenvalue weighted by atomic mass is 35.5. The molecule has 3 aromatic rings. The molecule has 6 heteroatoms. The van der Waals surface area contributed by atoms with Gasteiger partial charge in [0, 0.05) is 34.4 Å². The van der Waals surface area contributed by atoms with Gasteiger partial charge in [-0.05, 0) is 43.0 Å². The zero-order chi connectivity index (χ0) is 20.6. The molecule has 6 rings (SSSR count). The summed E-state index contributed by atoms with van der Waals surface area (Å²) in [6.45, 7) is 2.51. The van der Waals surface area contributed by atoms with Crippen LogP contribution in [0.3, 0.4) is 0 Å². The third-order valence-electron chi connectivity index (χ3n) is 7.04. The molecular formula is C24H22ClN3O2. The van der Waals surface area contributed by atoms with Gasteiger partial charge in [0.1, 0.15) is 6.54 Å². The van der Waals surface area contributed by atoms with Gasteiger partial charge in [0.2, 0.25) is 5.91 Å². The lowest BCUT2D eigenvalue weighted by Crippen LogP contribution is -2.67. The maximum atomic E-state index is 13.7. The molecule has 1 aromatic heterocycles. The van der Waals surface area contributed by atoms with Crippen molar-refractivity contribution in [1.29, 1.82) is 0 Å². The first-order valence-electron chi connectivity index (χ1n) is 10.5. The van der Waals surface area contributed by atoms with E-state index in [4.69, 9.17) is 11.6 Å². The van der Waals surface area contributed by atoms with E-state index >= 15 is 0 Å². The van der Waals surface area contributed by atoms with E-state index in [1.54, 1.807) is 9.80 Å². The first kappa shape index (κ1) is 18.0. The monoisotopic (exact) mass is 419 g/mol. The van der Waals surface area contributed by atoms with Crippen molar-refractivity contribution < 1.29 is 9.59 Å². The molecule has 3 aliphatic rings. The molecule has 1 saturated carbocycles. The van der Waals surface area contributed by atoms with Gasteiger partial charge in [-0.15, -0.1) is 0 Å². The minimum Gasteiger partial charge on any atom is -0.356 e. The predicted octanol–water partition coefficient (Wildman–Crippen LogP) is 4.02. The summed E-state index contributed by atoms with van der Waals surface area (Å²) < 4.78 is 0. The van der Waals surface area contributed by atoms with E-state index in [0.717, 1.165) is 40.6 Å². The number of fused-ring (bicyclic) bond motifs is 5. The Labute approximate surface area is 179 Å². The highest BCUT2D eigenvalue weighted by Gasteiger charge is 2.58. The van der Waals surface area contributed by atoms with Gasteiger partial charge < -0.3 is 14.8 Å². The van der Waals surface area contributed by atoms with Gasteiger partial charge in [0.05, 0.1) is 5.69 Å². The van der Waals surface area contributed by atoms with Crippen LogP contribution in [0.15, 0.2) is 48.5 Å². The van der Waals surface area contributed by atoms with Gasteiger partial charge in [0.15, 0.2) is 5.54 Å². The number of amides is 2. The first-order chi connectivity index (χ1) is 14.5. The van der Waals surface area contributed by atoms with Crippen LogP contribution in [0.4, 0.5) is 0 Å². The molecule has 0 spiro atoms. The summed E-state index contributed by atoms with van der Waals surface area (Å²) in [7, 11) is 0. The van der Waals surface area contributed by atoms with E-state index in [-0.39, 0.29) is 30.3 Å². The third kappa shape index (κ3) is 2.30. The second-order valence-electron chi connectivity index (χ2n) is 8.77. The zero-order valence-electron chi connectivity index (χ0n) is 16.7. The quantitative estimate of drug-likeness (QED) is 0.682. The van der Waals surface area contributed by atoms with E-state index in [9.17, 15) is 9.59 Å². The molecule has 1 saturated heterocycles. The first-order valence-corrected chi connectivity index (χ1v) is 10.8. The second kappa shape index (κ2) is 6.11. The Balaban J connectivity index is 1.62. The van der Waals surface area contributed by atoms with Crippen LogP contribution in [0.5, 0.6) is 0 Å². The third-order valence-corrected chi connectivity index (χ3v) is 7.38. The van der Waals surface area contributed by atoms with Crippen LogP contribution in [-0.4, -0.2) is 45.7 Å². The van der Waals surface area contributed by atoms with E-state index < -0.39 is 5.54 Å². The van der Waals surface area contributed by atoms with Crippen LogP contribution in [0.2, 0.25) is 5.02 Å². The lowest BCUT2D eigenvalue weighted by atomic mass is 9.76. The number of H-pyrrole nitrogens is 1. The van der Waals surface area contributed by atoms with Gasteiger partial charge in [-0.1, -0.05) is 48.0 Å². The molecule has 2 fully saturated rings. The lowest BCUT2D eigenvalue weighted by Gasteiger charge is -2.51. The van der Waals surface area contributed by atoms with Gasteiger partial charge in [-0.25, -0.2) is 0 Å². The molecule has 30 heavy (non-hydrogen) atoms. The largest absolute Gasteiger partial charge is 0.356 e. The van der Waals surface area contributed by atoms with Crippen molar-refractivity contribution in [1.82, 2.24) is 14.8 Å². The number of aromatic nitrogens is 1. The van der Waals surface area contributed by atoms with E-state index in [1.165, 1.54) is 0 Å². The number of nitrogens with zero attached hydrogens (tertiary/aromatic N) is 2. The molecular weight excluding hydrogens is 398 g/mol. The molecule has 0 radical (unpaired) electrons. The fourth-order valence-electron chi connectivity index (χ4n) is 5.35. The normalized spacial score (nSPS) is 26.1. The van der Waals surface area contributed by atoms with Crippen molar-refractivity contribution in [3.63, 3.8) is 0 Å². The van der Waals surface area contributed by atoms with Gasteiger partial charge in [-0.3, -0.25) is 9.59 Å². The standard InChI is InChI=1S/C24H22ClN3O2/c1-24-22-21(16-7-3-5-9-19(16)26-22)17(15-6-2-4-8-18(15)25)12-28(24)20(29)13-27(23(24)30)14-10-11-14/h2-9,14,17,26H,10-13H2,1H3/t17?,24-/m0/s1. The fraction of sp³-hybridized carbons (Fsp3) is 0.333. The molecule has 1 unspecified atom stereocenters. The number of para-hydroxylation sites is 1. The number of nitrogens with one attached hydrogen (secondary N) is 1. The van der Waals surface area contributed by atoms with Crippen LogP contribution >= 0.6 is 11.6 Å². The smallest absolute Gasteiger partial charge is 0.255 e. The summed E-state index contributed by atoms with van der Waals surface area (Å²) >= 11 is 6.60. The minimum atomic E-state index is -1.02. The SMILES string of the molecule is C[C@]12C(=O)N(C3CC3)CC(=O)N1CC(c1ccccc1Cl)c1c2[nH]c2ccccc12. The number of carbonyl (C=O) groups excluding carboxylic acids is 2. The number of carbonyl (C=O) groups is 2. The summed E-state index contributed by atoms with van der Waals surface area (Å²) in [5.41, 5.74) is 2.84. The molecule has 2 aromatic carbocycles. The average molecular weight is 420 g/mol. The maximum Gasteiger partial charge on any atom is 0.255 e. The van der Waals surface area contributed by atoms with Gasteiger partial charge in [-0.2, -0.15) is 0 Å². The van der Waals surface area contributed by atoms with Crippen LogP contribution in [0.1, 0.15) is 42.5 Å². The number of hydrogen-bond donors (Lipinski definition) is 1. The molecule has 1 N–H and O–H groups in total. The summed E-state index contributed by atoms with van der Waals surface area (Å²) in [4.78, 5) is 34.1. The Bertz CT molecular complexity index is 1210. The highest BCUT2D eigenvalue weighted by Crippen LogP contribution is 2.50. The fourth-order valence-corrected chi connectivity index (χ4v) is 5.62. The Morgan fingerprint density at radius 2 is 1.80 bits per heavy atom. The van der Waals surface area contributed by atoms with Crippen molar-refractivity contribution in [2.75, 3.05) is 13.1 Å². The number of piperazine rings is 1. The van der Waals surface area contributed by atoms with Crippen LogP contribution < -0.4 is 0 Å². The van der Waals surface area contributed by atoms with Crippen molar-refractivity contribution in [2.45, 2.75) is 37.3 Å². The summed E-state index contributed by atoms with van der Waals surface area (Å²) in [5, 5.41) is 1.76. The second-order valence-corrected chi connectivity index (χ2v) is 9.18. The Kier molecular flexibility index (Phi) is 3.67. The number of benzene rings is 2. The summed E-state index contributed by atoms with van der Waals surface area (Å²) in [5.74, 6) is -0.0671. The molecule has 2 aliphatic heterocycles. The zero-order valence-corrected chi connectivity index (χ0v) is 17.4. The van der Waals surface area contributed by atoms with Gasteiger partial charge >= 0.3 is 0 Å². The van der Waals surface area contributed by atoms with E-state index in [0.29, 0.717) is 11.6 Å².